The Kier molecular flexibility index (Phi) is 15.1. The molecular formula is C54H68N6O7. The highest BCUT2D eigenvalue weighted by Crippen LogP contribution is 2.42. The van der Waals surface area contributed by atoms with E-state index in [-0.39, 0.29) is 55.1 Å². The lowest BCUT2D eigenvalue weighted by atomic mass is 9.76. The van der Waals surface area contributed by atoms with E-state index in [1.54, 1.807) is 32.1 Å². The maximum absolute atomic E-state index is 14.8. The SMILES string of the molecule is CC#CC(=O)N1C[C@H](C)[C@H](C(=O)C(C)[C@H](C(=O)N[C@H]2Cc3cccc(c3)-c3ccc4c(c3)c(c(-c3cccnc3[C@H](C)OC)n4CC)CC(C)(C)COC(=O)[C@@H]3CCCN(N3)C2=O)C(C)C)C1. The van der Waals surface area contributed by atoms with Gasteiger partial charge >= 0.3 is 5.97 Å². The number of hydrogen-bond acceptors (Lipinski definition) is 9. The number of carbonyl (C=O) groups excluding carboxylic acids is 5. The summed E-state index contributed by atoms with van der Waals surface area (Å²) >= 11 is 0. The zero-order valence-corrected chi connectivity index (χ0v) is 40.9. The molecule has 3 aliphatic rings. The summed E-state index contributed by atoms with van der Waals surface area (Å²) < 4.78 is 14.3. The average Bonchev–Trinajstić information content (AvgIpc) is 3.85. The molecule has 3 amide bonds. The molecule has 2 saturated heterocycles. The number of fused-ring (bicyclic) bond motifs is 6. The molecule has 7 atom stereocenters. The molecule has 6 bridgehead atoms. The van der Waals surface area contributed by atoms with Crippen molar-refractivity contribution in [2.75, 3.05) is 33.4 Å². The number of aromatic nitrogens is 2. The number of ether oxygens (including phenoxy) is 2. The zero-order chi connectivity index (χ0) is 48.3. The lowest BCUT2D eigenvalue weighted by molar-refractivity contribution is -0.155. The largest absolute Gasteiger partial charge is 0.464 e. The van der Waals surface area contributed by atoms with Gasteiger partial charge in [-0.15, -0.1) is 0 Å². The van der Waals surface area contributed by atoms with Gasteiger partial charge in [0.2, 0.25) is 5.91 Å². The topological polar surface area (TPSA) is 152 Å². The molecule has 7 rings (SSSR count). The van der Waals surface area contributed by atoms with E-state index in [4.69, 9.17) is 14.5 Å². The maximum Gasteiger partial charge on any atom is 0.324 e. The van der Waals surface area contributed by atoms with Crippen molar-refractivity contribution in [1.29, 1.82) is 0 Å². The van der Waals surface area contributed by atoms with Crippen molar-refractivity contribution in [3.63, 3.8) is 0 Å². The van der Waals surface area contributed by atoms with Gasteiger partial charge in [0.15, 0.2) is 0 Å². The molecule has 13 heteroatoms. The molecule has 0 saturated carbocycles. The second kappa shape index (κ2) is 20.6. The van der Waals surface area contributed by atoms with Crippen LogP contribution in [0.25, 0.3) is 33.3 Å². The average molecular weight is 913 g/mol. The number of pyridine rings is 1. The monoisotopic (exact) mass is 913 g/mol. The molecule has 4 aromatic rings. The van der Waals surface area contributed by atoms with Crippen LogP contribution in [0.2, 0.25) is 0 Å². The first-order valence-electron chi connectivity index (χ1n) is 24.0. The van der Waals surface area contributed by atoms with Crippen LogP contribution in [-0.2, 0) is 52.8 Å². The number of hydrogen-bond donors (Lipinski definition) is 2. The minimum absolute atomic E-state index is 0.0843. The number of nitrogens with zero attached hydrogens (tertiary/aromatic N) is 4. The summed E-state index contributed by atoms with van der Waals surface area (Å²) in [5.41, 5.74) is 10.5. The van der Waals surface area contributed by atoms with Crippen molar-refractivity contribution in [3.8, 4) is 34.2 Å². The Morgan fingerprint density at radius 2 is 1.79 bits per heavy atom. The van der Waals surface area contributed by atoms with Crippen molar-refractivity contribution < 1.29 is 33.4 Å². The van der Waals surface area contributed by atoms with Crippen LogP contribution in [0.3, 0.4) is 0 Å². The first kappa shape index (κ1) is 49.1. The smallest absolute Gasteiger partial charge is 0.324 e. The lowest BCUT2D eigenvalue weighted by Crippen LogP contribution is -2.61. The van der Waals surface area contributed by atoms with E-state index in [0.717, 1.165) is 50.1 Å². The van der Waals surface area contributed by atoms with Gasteiger partial charge in [0.05, 0.1) is 24.1 Å². The van der Waals surface area contributed by atoms with E-state index in [1.807, 2.05) is 45.9 Å². The normalized spacial score (nSPS) is 22.3. The molecule has 2 fully saturated rings. The third kappa shape index (κ3) is 10.4. The maximum atomic E-state index is 14.8. The summed E-state index contributed by atoms with van der Waals surface area (Å²) in [6, 6.07) is 16.8. The first-order chi connectivity index (χ1) is 32.0. The number of benzene rings is 2. The fourth-order valence-corrected chi connectivity index (χ4v) is 10.6. The Labute approximate surface area is 395 Å². The van der Waals surface area contributed by atoms with E-state index >= 15 is 0 Å². The van der Waals surface area contributed by atoms with Gasteiger partial charge in [-0.2, -0.15) is 0 Å². The number of rotatable bonds is 10. The Morgan fingerprint density at radius 1 is 1.03 bits per heavy atom. The number of methoxy groups -OCH3 is 1. The Bertz CT molecular complexity index is 2590. The van der Waals surface area contributed by atoms with Crippen LogP contribution in [-0.4, -0.2) is 94.4 Å². The quantitative estimate of drug-likeness (QED) is 0.123. The van der Waals surface area contributed by atoms with Gasteiger partial charge in [-0.1, -0.05) is 77.8 Å². The lowest BCUT2D eigenvalue weighted by Gasteiger charge is -2.36. The number of ketones is 1. The van der Waals surface area contributed by atoms with Crippen LogP contribution < -0.4 is 10.7 Å². The first-order valence-corrected chi connectivity index (χ1v) is 24.0. The van der Waals surface area contributed by atoms with Gasteiger partial charge in [0.25, 0.3) is 11.8 Å². The van der Waals surface area contributed by atoms with Crippen molar-refractivity contribution in [3.05, 3.63) is 77.6 Å². The molecule has 5 heterocycles. The molecule has 13 nitrogen and oxygen atoms in total. The number of cyclic esters (lactones) is 1. The van der Waals surface area contributed by atoms with Crippen molar-refractivity contribution >= 4 is 40.4 Å². The highest BCUT2D eigenvalue weighted by Gasteiger charge is 2.43. The van der Waals surface area contributed by atoms with Crippen LogP contribution in [0.5, 0.6) is 0 Å². The molecule has 2 N–H and O–H groups in total. The van der Waals surface area contributed by atoms with Gasteiger partial charge in [-0.25, -0.2) is 5.43 Å². The molecule has 3 aliphatic heterocycles. The molecule has 0 aliphatic carbocycles. The van der Waals surface area contributed by atoms with Crippen LogP contribution in [0, 0.1) is 46.8 Å². The van der Waals surface area contributed by atoms with Crippen molar-refractivity contribution in [2.24, 2.45) is 35.0 Å². The second-order valence-corrected chi connectivity index (χ2v) is 20.0. The Hall–Kier alpha value is -5.84. The highest BCUT2D eigenvalue weighted by atomic mass is 16.5. The molecule has 1 unspecified atom stereocenters. The van der Waals surface area contributed by atoms with Gasteiger partial charge < -0.3 is 24.3 Å². The predicted octanol–water partition coefficient (Wildman–Crippen LogP) is 7.34. The summed E-state index contributed by atoms with van der Waals surface area (Å²) in [5.74, 6) is 1.38. The summed E-state index contributed by atoms with van der Waals surface area (Å²) in [7, 11) is 1.69. The molecule has 2 aromatic heterocycles. The number of likely N-dealkylation sites (tertiary alicyclic amines) is 1. The van der Waals surface area contributed by atoms with E-state index in [2.05, 4.69) is 84.3 Å². The fourth-order valence-electron chi connectivity index (χ4n) is 10.6. The predicted molar refractivity (Wildman–Crippen MR) is 259 cm³/mol. The van der Waals surface area contributed by atoms with Gasteiger partial charge in [0.1, 0.15) is 17.9 Å². The van der Waals surface area contributed by atoms with Gasteiger partial charge in [-0.05, 0) is 104 Å². The third-order valence-electron chi connectivity index (χ3n) is 14.1. The number of nitrogens with one attached hydrogen (secondary N) is 2. The number of esters is 1. The zero-order valence-electron chi connectivity index (χ0n) is 40.9. The third-order valence-corrected chi connectivity index (χ3v) is 14.1. The molecule has 0 radical (unpaired) electrons. The molecule has 2 aromatic carbocycles. The number of hydrazine groups is 1. The minimum atomic E-state index is -1.03. The summed E-state index contributed by atoms with van der Waals surface area (Å²) in [5, 5.41) is 5.65. The fraction of sp³-hybridized carbons (Fsp3) is 0.519. The van der Waals surface area contributed by atoms with E-state index < -0.39 is 47.1 Å². The van der Waals surface area contributed by atoms with E-state index in [1.165, 1.54) is 5.01 Å². The molecule has 0 spiro atoms. The van der Waals surface area contributed by atoms with Crippen LogP contribution >= 0.6 is 0 Å². The Balaban J connectivity index is 1.28. The number of Topliss-reactive ketones (excluding diaryl/α,β-unsaturated/α-hetero) is 1. The number of amides is 3. The number of aryl methyl sites for hydroxylation is 1. The molecular weight excluding hydrogens is 845 g/mol. The van der Waals surface area contributed by atoms with Crippen molar-refractivity contribution in [1.82, 2.24) is 30.2 Å². The summed E-state index contributed by atoms with van der Waals surface area (Å²) in [6.07, 6.45) is 3.32. The van der Waals surface area contributed by atoms with E-state index in [0.29, 0.717) is 38.9 Å². The second-order valence-electron chi connectivity index (χ2n) is 20.0. The van der Waals surface area contributed by atoms with Crippen LogP contribution in [0.4, 0.5) is 0 Å². The number of carbonyl (C=O) groups is 5. The van der Waals surface area contributed by atoms with Crippen molar-refractivity contribution in [2.45, 2.75) is 113 Å². The van der Waals surface area contributed by atoms with Gasteiger partial charge in [-0.3, -0.25) is 34.0 Å². The summed E-state index contributed by atoms with van der Waals surface area (Å²) in [6.45, 7) is 19.4. The summed E-state index contributed by atoms with van der Waals surface area (Å²) in [4.78, 5) is 76.7. The van der Waals surface area contributed by atoms with Gasteiger partial charge in [0, 0.05) is 85.5 Å². The Morgan fingerprint density at radius 3 is 2.51 bits per heavy atom. The van der Waals surface area contributed by atoms with Crippen LogP contribution in [0.15, 0.2) is 60.8 Å². The minimum Gasteiger partial charge on any atom is -0.464 e. The van der Waals surface area contributed by atoms with Crippen LogP contribution in [0.1, 0.15) is 98.1 Å². The standard InChI is InChI=1S/C54H68N6O7/c1-11-16-46(61)58-29-33(5)42(30-58)50(62)34(6)47(32(3)4)51(63)56-44-26-36-17-13-18-37(25-36)38-21-22-45-40(27-38)41(49(59(45)12-2)39-19-14-23-55-48(39)35(7)66-10)28-54(8,9)31-67-53(65)43-20-15-24-60(57-43)52(44)64/h13-14,17-19,21-23,25,27,32-35,42-44,47,57H,12,15,20,24,26,28-31H2,1-10H3,(H,56,63)/t33-,34?,35-,42+,43-,44-,47+/m0/s1. The molecule has 356 valence electrons. The van der Waals surface area contributed by atoms with E-state index in [9.17, 15) is 24.0 Å². The highest BCUT2D eigenvalue weighted by molar-refractivity contribution is 5.97. The molecule has 67 heavy (non-hydrogen) atoms.